The number of nitrogens with one attached hydrogen (secondary N) is 1. The summed E-state index contributed by atoms with van der Waals surface area (Å²) in [5.41, 5.74) is 5.19. The van der Waals surface area contributed by atoms with Crippen LogP contribution in [0.2, 0.25) is 0 Å². The van der Waals surface area contributed by atoms with Crippen molar-refractivity contribution in [3.63, 3.8) is 0 Å². The SMILES string of the molecule is CCc1cccc(C(=O)c2ccc3c(c2)CCN3)c1. The summed E-state index contributed by atoms with van der Waals surface area (Å²) in [4.78, 5) is 12.5. The Balaban J connectivity index is 1.95. The molecule has 0 aliphatic carbocycles. The molecule has 3 rings (SSSR count). The molecule has 1 heterocycles. The Morgan fingerprint density at radius 2 is 2.00 bits per heavy atom. The van der Waals surface area contributed by atoms with Gasteiger partial charge < -0.3 is 5.32 Å². The Kier molecular flexibility index (Phi) is 3.08. The lowest BCUT2D eigenvalue weighted by Gasteiger charge is -2.06. The number of ketones is 1. The number of benzene rings is 2. The molecule has 1 aliphatic rings. The van der Waals surface area contributed by atoms with Crippen molar-refractivity contribution in [3.05, 3.63) is 64.7 Å². The first-order valence-corrected chi connectivity index (χ1v) is 6.78. The normalized spacial score (nSPS) is 12.9. The smallest absolute Gasteiger partial charge is 0.193 e. The molecular formula is C17H17NO. The predicted molar refractivity (Wildman–Crippen MR) is 77.9 cm³/mol. The van der Waals surface area contributed by atoms with Crippen molar-refractivity contribution in [2.75, 3.05) is 11.9 Å². The summed E-state index contributed by atoms with van der Waals surface area (Å²) in [6, 6.07) is 13.9. The number of carbonyl (C=O) groups is 1. The van der Waals surface area contributed by atoms with Crippen molar-refractivity contribution in [3.8, 4) is 0 Å². The van der Waals surface area contributed by atoms with E-state index < -0.39 is 0 Å². The van der Waals surface area contributed by atoms with E-state index in [1.54, 1.807) is 0 Å². The third-order valence-corrected chi connectivity index (χ3v) is 3.67. The van der Waals surface area contributed by atoms with Crippen molar-refractivity contribution in [2.45, 2.75) is 19.8 Å². The number of aryl methyl sites for hydroxylation is 1. The summed E-state index contributed by atoms with van der Waals surface area (Å²) in [6.45, 7) is 3.07. The van der Waals surface area contributed by atoms with Crippen molar-refractivity contribution in [1.29, 1.82) is 0 Å². The first-order chi connectivity index (χ1) is 9.28. The van der Waals surface area contributed by atoms with E-state index in [4.69, 9.17) is 0 Å². The van der Waals surface area contributed by atoms with Crippen LogP contribution >= 0.6 is 0 Å². The molecule has 0 amide bonds. The fourth-order valence-corrected chi connectivity index (χ4v) is 2.55. The zero-order chi connectivity index (χ0) is 13.2. The van der Waals surface area contributed by atoms with Gasteiger partial charge in [-0.2, -0.15) is 0 Å². The van der Waals surface area contributed by atoms with Gasteiger partial charge in [-0.25, -0.2) is 0 Å². The molecule has 0 bridgehead atoms. The number of carbonyl (C=O) groups excluding carboxylic acids is 1. The maximum Gasteiger partial charge on any atom is 0.193 e. The van der Waals surface area contributed by atoms with Crippen LogP contribution in [0.15, 0.2) is 42.5 Å². The van der Waals surface area contributed by atoms with Crippen molar-refractivity contribution >= 4 is 11.5 Å². The second-order valence-electron chi connectivity index (χ2n) is 4.93. The first kappa shape index (κ1) is 12.0. The van der Waals surface area contributed by atoms with Gasteiger partial charge in [-0.3, -0.25) is 4.79 Å². The zero-order valence-electron chi connectivity index (χ0n) is 11.1. The fourth-order valence-electron chi connectivity index (χ4n) is 2.55. The molecular weight excluding hydrogens is 234 g/mol. The monoisotopic (exact) mass is 251 g/mol. The highest BCUT2D eigenvalue weighted by Gasteiger charge is 2.14. The number of rotatable bonds is 3. The van der Waals surface area contributed by atoms with Gasteiger partial charge in [-0.05, 0) is 48.2 Å². The van der Waals surface area contributed by atoms with Crippen LogP contribution in [0, 0.1) is 0 Å². The lowest BCUT2D eigenvalue weighted by molar-refractivity contribution is 0.103. The maximum atomic E-state index is 12.5. The Labute approximate surface area is 113 Å². The summed E-state index contributed by atoms with van der Waals surface area (Å²) in [5, 5.41) is 3.31. The van der Waals surface area contributed by atoms with Gasteiger partial charge in [0, 0.05) is 23.4 Å². The van der Waals surface area contributed by atoms with E-state index in [1.165, 1.54) is 16.8 Å². The van der Waals surface area contributed by atoms with Crippen LogP contribution in [-0.4, -0.2) is 12.3 Å². The molecule has 1 N–H and O–H groups in total. The number of hydrogen-bond donors (Lipinski definition) is 1. The minimum Gasteiger partial charge on any atom is -0.384 e. The first-order valence-electron chi connectivity index (χ1n) is 6.78. The van der Waals surface area contributed by atoms with Crippen molar-refractivity contribution < 1.29 is 4.79 Å². The molecule has 0 atom stereocenters. The minimum atomic E-state index is 0.116. The minimum absolute atomic E-state index is 0.116. The van der Waals surface area contributed by atoms with E-state index in [2.05, 4.69) is 18.3 Å². The lowest BCUT2D eigenvalue weighted by Crippen LogP contribution is -2.02. The molecule has 0 saturated heterocycles. The summed E-state index contributed by atoms with van der Waals surface area (Å²) >= 11 is 0. The Hall–Kier alpha value is -2.09. The molecule has 2 aromatic rings. The summed E-state index contributed by atoms with van der Waals surface area (Å²) in [5.74, 6) is 0.116. The Morgan fingerprint density at radius 3 is 2.84 bits per heavy atom. The van der Waals surface area contributed by atoms with E-state index >= 15 is 0 Å². The van der Waals surface area contributed by atoms with Crippen LogP contribution < -0.4 is 5.32 Å². The van der Waals surface area contributed by atoms with Crippen LogP contribution in [0.4, 0.5) is 5.69 Å². The molecule has 1 aliphatic heterocycles. The highest BCUT2D eigenvalue weighted by atomic mass is 16.1. The molecule has 0 radical (unpaired) electrons. The maximum absolute atomic E-state index is 12.5. The standard InChI is InChI=1S/C17H17NO/c1-2-12-4-3-5-14(10-12)17(19)15-6-7-16-13(11-15)8-9-18-16/h3-7,10-11,18H,2,8-9H2,1H3. The van der Waals surface area contributed by atoms with Gasteiger partial charge >= 0.3 is 0 Å². The van der Waals surface area contributed by atoms with E-state index in [9.17, 15) is 4.79 Å². The summed E-state index contributed by atoms with van der Waals surface area (Å²) in [7, 11) is 0. The van der Waals surface area contributed by atoms with Gasteiger partial charge in [-0.15, -0.1) is 0 Å². The quantitative estimate of drug-likeness (QED) is 0.847. The van der Waals surface area contributed by atoms with Gasteiger partial charge in [0.05, 0.1) is 0 Å². The molecule has 0 spiro atoms. The van der Waals surface area contributed by atoms with Gasteiger partial charge in [0.15, 0.2) is 5.78 Å². The third kappa shape index (κ3) is 2.26. The highest BCUT2D eigenvalue weighted by Crippen LogP contribution is 2.24. The number of hydrogen-bond acceptors (Lipinski definition) is 2. The van der Waals surface area contributed by atoms with Crippen LogP contribution in [0.3, 0.4) is 0 Å². The molecule has 0 fully saturated rings. The molecule has 2 heteroatoms. The summed E-state index contributed by atoms with van der Waals surface area (Å²) in [6.07, 6.45) is 1.96. The van der Waals surface area contributed by atoms with Gasteiger partial charge in [-0.1, -0.05) is 25.1 Å². The molecule has 2 nitrogen and oxygen atoms in total. The highest BCUT2D eigenvalue weighted by molar-refractivity contribution is 6.09. The van der Waals surface area contributed by atoms with Crippen LogP contribution in [0.25, 0.3) is 0 Å². The largest absolute Gasteiger partial charge is 0.384 e. The van der Waals surface area contributed by atoms with Gasteiger partial charge in [0.2, 0.25) is 0 Å². The molecule has 0 unspecified atom stereocenters. The molecule has 2 aromatic carbocycles. The van der Waals surface area contributed by atoms with Gasteiger partial charge in [0.25, 0.3) is 0 Å². The topological polar surface area (TPSA) is 29.1 Å². The molecule has 0 saturated carbocycles. The third-order valence-electron chi connectivity index (χ3n) is 3.67. The van der Waals surface area contributed by atoms with Crippen LogP contribution in [0.1, 0.15) is 34.0 Å². The predicted octanol–water partition coefficient (Wildman–Crippen LogP) is 3.45. The van der Waals surface area contributed by atoms with Crippen LogP contribution in [0.5, 0.6) is 0 Å². The molecule has 0 aromatic heterocycles. The van der Waals surface area contributed by atoms with E-state index in [0.29, 0.717) is 0 Å². The van der Waals surface area contributed by atoms with Crippen molar-refractivity contribution in [2.24, 2.45) is 0 Å². The average Bonchev–Trinajstić information content (AvgIpc) is 2.94. The van der Waals surface area contributed by atoms with Crippen molar-refractivity contribution in [1.82, 2.24) is 0 Å². The number of fused-ring (bicyclic) bond motifs is 1. The molecule has 96 valence electrons. The van der Waals surface area contributed by atoms with Crippen LogP contribution in [-0.2, 0) is 12.8 Å². The van der Waals surface area contributed by atoms with E-state index in [0.717, 1.165) is 30.5 Å². The second-order valence-corrected chi connectivity index (χ2v) is 4.93. The lowest BCUT2D eigenvalue weighted by atomic mass is 9.98. The number of anilines is 1. The zero-order valence-corrected chi connectivity index (χ0v) is 11.1. The molecule has 19 heavy (non-hydrogen) atoms. The summed E-state index contributed by atoms with van der Waals surface area (Å²) < 4.78 is 0. The Bertz CT molecular complexity index is 631. The van der Waals surface area contributed by atoms with E-state index in [1.807, 2.05) is 36.4 Å². The van der Waals surface area contributed by atoms with Gasteiger partial charge in [0.1, 0.15) is 0 Å². The fraction of sp³-hybridized carbons (Fsp3) is 0.235. The van der Waals surface area contributed by atoms with E-state index in [-0.39, 0.29) is 5.78 Å². The second kappa shape index (κ2) is 4.88. The Morgan fingerprint density at radius 1 is 1.16 bits per heavy atom. The average molecular weight is 251 g/mol.